The molecule has 8 heteroatoms. The number of amides is 1. The first-order valence-electron chi connectivity index (χ1n) is 10.6. The van der Waals surface area contributed by atoms with E-state index in [0.717, 1.165) is 32.5 Å². The minimum absolute atomic E-state index is 0.00421. The van der Waals surface area contributed by atoms with Gasteiger partial charge in [-0.15, -0.1) is 0 Å². The first-order valence-corrected chi connectivity index (χ1v) is 10.6. The van der Waals surface area contributed by atoms with Gasteiger partial charge in [0.2, 0.25) is 0 Å². The highest BCUT2D eigenvalue weighted by molar-refractivity contribution is 6.35. The maximum atomic E-state index is 14.3. The van der Waals surface area contributed by atoms with Crippen molar-refractivity contribution < 1.29 is 22.7 Å². The highest BCUT2D eigenvalue weighted by Crippen LogP contribution is 2.49. The molecule has 2 aromatic rings. The molecule has 170 valence electrons. The van der Waals surface area contributed by atoms with Gasteiger partial charge in [-0.3, -0.25) is 9.69 Å². The fourth-order valence-corrected chi connectivity index (χ4v) is 4.42. The Bertz CT molecular complexity index is 1000. The summed E-state index contributed by atoms with van der Waals surface area (Å²) in [4.78, 5) is 16.4. The fourth-order valence-electron chi connectivity index (χ4n) is 4.42. The van der Waals surface area contributed by atoms with Crippen LogP contribution in [0, 0.1) is 0 Å². The van der Waals surface area contributed by atoms with E-state index in [2.05, 4.69) is 16.8 Å². The van der Waals surface area contributed by atoms with Crippen molar-refractivity contribution in [1.82, 2.24) is 4.90 Å². The summed E-state index contributed by atoms with van der Waals surface area (Å²) in [6.07, 6.45) is -3.18. The van der Waals surface area contributed by atoms with E-state index in [-0.39, 0.29) is 28.6 Å². The predicted molar refractivity (Wildman–Crippen MR) is 119 cm³/mol. The van der Waals surface area contributed by atoms with Crippen molar-refractivity contribution >= 4 is 28.5 Å². The van der Waals surface area contributed by atoms with Crippen LogP contribution in [-0.4, -0.2) is 50.2 Å². The number of anilines is 3. The SMILES string of the molecule is C=C1C(=O)N(c2ccccc2)c2ccc(NC3CCN(CCOC)CC3)c(C(F)(F)F)c21. The number of ether oxygens (including phenoxy) is 1. The number of carbonyl (C=O) groups is 1. The minimum Gasteiger partial charge on any atom is -0.383 e. The zero-order valence-corrected chi connectivity index (χ0v) is 17.9. The number of para-hydroxylation sites is 1. The van der Waals surface area contributed by atoms with Crippen molar-refractivity contribution in [3.63, 3.8) is 0 Å². The second-order valence-electron chi connectivity index (χ2n) is 8.09. The Labute approximate surface area is 185 Å². The quantitative estimate of drug-likeness (QED) is 0.641. The molecule has 1 fully saturated rings. The molecule has 0 atom stereocenters. The lowest BCUT2D eigenvalue weighted by atomic mass is 9.97. The molecule has 0 radical (unpaired) electrons. The third kappa shape index (κ3) is 4.25. The summed E-state index contributed by atoms with van der Waals surface area (Å²) in [5.41, 5.74) is -0.403. The van der Waals surface area contributed by atoms with Gasteiger partial charge >= 0.3 is 6.18 Å². The fraction of sp³-hybridized carbons (Fsp3) is 0.375. The lowest BCUT2D eigenvalue weighted by molar-refractivity contribution is -0.137. The molecule has 1 amide bonds. The van der Waals surface area contributed by atoms with E-state index in [4.69, 9.17) is 4.74 Å². The largest absolute Gasteiger partial charge is 0.419 e. The van der Waals surface area contributed by atoms with Crippen LogP contribution in [0.5, 0.6) is 0 Å². The number of nitrogens with zero attached hydrogens (tertiary/aromatic N) is 2. The van der Waals surface area contributed by atoms with E-state index in [1.165, 1.54) is 11.0 Å². The molecule has 0 bridgehead atoms. The maximum absolute atomic E-state index is 14.3. The molecule has 2 aliphatic heterocycles. The summed E-state index contributed by atoms with van der Waals surface area (Å²) in [6.45, 7) is 6.75. The first kappa shape index (κ1) is 22.4. The van der Waals surface area contributed by atoms with Gasteiger partial charge in [-0.1, -0.05) is 24.8 Å². The molecule has 1 N–H and O–H groups in total. The summed E-state index contributed by atoms with van der Waals surface area (Å²) >= 11 is 0. The number of hydrogen-bond acceptors (Lipinski definition) is 4. The number of methoxy groups -OCH3 is 1. The van der Waals surface area contributed by atoms with E-state index in [0.29, 0.717) is 12.3 Å². The summed E-state index contributed by atoms with van der Waals surface area (Å²) in [5, 5.41) is 3.10. The lowest BCUT2D eigenvalue weighted by Gasteiger charge is -2.33. The van der Waals surface area contributed by atoms with Gasteiger partial charge in [0.25, 0.3) is 5.91 Å². The second-order valence-corrected chi connectivity index (χ2v) is 8.09. The van der Waals surface area contributed by atoms with Gasteiger partial charge in [-0.2, -0.15) is 13.2 Å². The molecular formula is C24H26F3N3O2. The molecular weight excluding hydrogens is 419 g/mol. The van der Waals surface area contributed by atoms with Crippen molar-refractivity contribution in [3.05, 3.63) is 60.2 Å². The molecule has 32 heavy (non-hydrogen) atoms. The van der Waals surface area contributed by atoms with Gasteiger partial charge in [-0.25, -0.2) is 0 Å². The van der Waals surface area contributed by atoms with Crippen LogP contribution in [0.1, 0.15) is 24.0 Å². The zero-order valence-electron chi connectivity index (χ0n) is 17.9. The molecule has 2 heterocycles. The lowest BCUT2D eigenvalue weighted by Crippen LogP contribution is -2.40. The van der Waals surface area contributed by atoms with Crippen LogP contribution in [0.25, 0.3) is 5.57 Å². The average Bonchev–Trinajstić information content (AvgIpc) is 3.03. The van der Waals surface area contributed by atoms with E-state index in [9.17, 15) is 18.0 Å². The van der Waals surface area contributed by atoms with Crippen molar-refractivity contribution in [3.8, 4) is 0 Å². The standard InChI is InChI=1S/C24H26F3N3O2/c1-16-21-20(30(23(16)31)18-6-4-3-5-7-18)9-8-19(22(21)24(25,26)27)28-17-10-12-29(13-11-17)14-15-32-2/h3-9,17,28H,1,10-15H2,2H3. The number of hydrogen-bond donors (Lipinski definition) is 1. The Balaban J connectivity index is 1.65. The van der Waals surface area contributed by atoms with E-state index >= 15 is 0 Å². The van der Waals surface area contributed by atoms with Crippen LogP contribution in [0.15, 0.2) is 49.0 Å². The summed E-state index contributed by atoms with van der Waals surface area (Å²) in [6, 6.07) is 11.6. The number of rotatable bonds is 6. The minimum atomic E-state index is -4.64. The second kappa shape index (κ2) is 8.96. The molecule has 4 rings (SSSR count). The summed E-state index contributed by atoms with van der Waals surface area (Å²) in [5.74, 6) is -0.541. The number of piperidine rings is 1. The molecule has 0 aromatic heterocycles. The summed E-state index contributed by atoms with van der Waals surface area (Å²) in [7, 11) is 1.65. The number of alkyl halides is 3. The topological polar surface area (TPSA) is 44.8 Å². The third-order valence-corrected chi connectivity index (χ3v) is 6.04. The number of carbonyl (C=O) groups excluding carboxylic acids is 1. The monoisotopic (exact) mass is 445 g/mol. The third-order valence-electron chi connectivity index (χ3n) is 6.04. The number of likely N-dealkylation sites (tertiary alicyclic amines) is 1. The Hall–Kier alpha value is -2.84. The van der Waals surface area contributed by atoms with Crippen LogP contribution in [0.3, 0.4) is 0 Å². The predicted octanol–water partition coefficient (Wildman–Crippen LogP) is 4.92. The molecule has 2 aliphatic rings. The van der Waals surface area contributed by atoms with Gasteiger partial charge in [0, 0.05) is 55.3 Å². The van der Waals surface area contributed by atoms with Gasteiger partial charge < -0.3 is 15.0 Å². The Kier molecular flexibility index (Phi) is 6.26. The van der Waals surface area contributed by atoms with Crippen LogP contribution < -0.4 is 10.2 Å². The van der Waals surface area contributed by atoms with Crippen LogP contribution in [0.2, 0.25) is 0 Å². The van der Waals surface area contributed by atoms with E-state index < -0.39 is 17.6 Å². The average molecular weight is 445 g/mol. The van der Waals surface area contributed by atoms with Crippen LogP contribution in [0.4, 0.5) is 30.2 Å². The number of halogens is 3. The Morgan fingerprint density at radius 1 is 1.12 bits per heavy atom. The highest BCUT2D eigenvalue weighted by Gasteiger charge is 2.44. The van der Waals surface area contributed by atoms with Crippen molar-refractivity contribution in [2.75, 3.05) is 43.6 Å². The van der Waals surface area contributed by atoms with Gasteiger partial charge in [-0.05, 0) is 37.1 Å². The zero-order chi connectivity index (χ0) is 22.9. The van der Waals surface area contributed by atoms with Crippen LogP contribution in [-0.2, 0) is 15.7 Å². The van der Waals surface area contributed by atoms with E-state index in [1.807, 2.05) is 0 Å². The molecule has 1 saturated heterocycles. The van der Waals surface area contributed by atoms with Crippen LogP contribution >= 0.6 is 0 Å². The van der Waals surface area contributed by atoms with Gasteiger partial charge in [0.1, 0.15) is 0 Å². The first-order chi connectivity index (χ1) is 15.3. The Morgan fingerprint density at radius 3 is 2.44 bits per heavy atom. The van der Waals surface area contributed by atoms with E-state index in [1.54, 1.807) is 43.5 Å². The van der Waals surface area contributed by atoms with Crippen molar-refractivity contribution in [2.24, 2.45) is 0 Å². The molecule has 2 aromatic carbocycles. The summed E-state index contributed by atoms with van der Waals surface area (Å²) < 4.78 is 47.9. The molecule has 5 nitrogen and oxygen atoms in total. The number of benzene rings is 2. The van der Waals surface area contributed by atoms with Crippen molar-refractivity contribution in [2.45, 2.75) is 25.1 Å². The molecule has 0 spiro atoms. The maximum Gasteiger partial charge on any atom is 0.419 e. The molecule has 0 aliphatic carbocycles. The van der Waals surface area contributed by atoms with Gasteiger partial charge in [0.15, 0.2) is 0 Å². The number of fused-ring (bicyclic) bond motifs is 1. The number of nitrogens with one attached hydrogen (secondary N) is 1. The molecule has 0 saturated carbocycles. The highest BCUT2D eigenvalue weighted by atomic mass is 19.4. The van der Waals surface area contributed by atoms with Crippen molar-refractivity contribution in [1.29, 1.82) is 0 Å². The van der Waals surface area contributed by atoms with Gasteiger partial charge in [0.05, 0.1) is 17.9 Å². The smallest absolute Gasteiger partial charge is 0.383 e. The molecule has 0 unspecified atom stereocenters. The Morgan fingerprint density at radius 2 is 1.81 bits per heavy atom. The normalized spacial score (nSPS) is 17.7.